The van der Waals surface area contributed by atoms with Crippen molar-refractivity contribution in [1.29, 1.82) is 0 Å². The van der Waals surface area contributed by atoms with E-state index in [-0.39, 0.29) is 0 Å². The van der Waals surface area contributed by atoms with Gasteiger partial charge < -0.3 is 14.2 Å². The van der Waals surface area contributed by atoms with E-state index in [0.717, 1.165) is 0 Å². The van der Waals surface area contributed by atoms with E-state index in [4.69, 9.17) is 14.2 Å². The van der Waals surface area contributed by atoms with Gasteiger partial charge in [-0.2, -0.15) is 0 Å². The van der Waals surface area contributed by atoms with E-state index < -0.39 is 12.1 Å². The first-order chi connectivity index (χ1) is 10.7. The summed E-state index contributed by atoms with van der Waals surface area (Å²) in [5, 5.41) is 0. The number of benzene rings is 2. The third-order valence-corrected chi connectivity index (χ3v) is 3.09. The van der Waals surface area contributed by atoms with Crippen molar-refractivity contribution in [2.75, 3.05) is 14.2 Å². The van der Waals surface area contributed by atoms with Gasteiger partial charge in [0.25, 0.3) is 0 Å². The van der Waals surface area contributed by atoms with Crippen LogP contribution in [0.5, 0.6) is 11.5 Å². The molecule has 0 aliphatic rings. The Balaban J connectivity index is 2.39. The van der Waals surface area contributed by atoms with Crippen molar-refractivity contribution in [3.8, 4) is 11.5 Å². The molecule has 0 fully saturated rings. The Morgan fingerprint density at radius 3 is 2.36 bits per heavy atom. The molecule has 0 amide bonds. The molecule has 0 aliphatic carbocycles. The van der Waals surface area contributed by atoms with Crippen molar-refractivity contribution >= 4 is 12.3 Å². The SMILES string of the molecule is COC(=O)[C@@H](Oc1cc(C=O)ccc1OC)c1ccccc1. The molecule has 0 aliphatic heterocycles. The van der Waals surface area contributed by atoms with Crippen LogP contribution in [-0.4, -0.2) is 26.5 Å². The lowest BCUT2D eigenvalue weighted by Gasteiger charge is -2.19. The van der Waals surface area contributed by atoms with Gasteiger partial charge >= 0.3 is 5.97 Å². The van der Waals surface area contributed by atoms with E-state index in [2.05, 4.69) is 0 Å². The van der Waals surface area contributed by atoms with Crippen LogP contribution in [0.15, 0.2) is 48.5 Å². The van der Waals surface area contributed by atoms with Crippen LogP contribution in [0.1, 0.15) is 22.0 Å². The zero-order valence-electron chi connectivity index (χ0n) is 12.3. The summed E-state index contributed by atoms with van der Waals surface area (Å²) < 4.78 is 15.8. The summed E-state index contributed by atoms with van der Waals surface area (Å²) >= 11 is 0. The predicted molar refractivity (Wildman–Crippen MR) is 80.2 cm³/mol. The Kier molecular flexibility index (Phi) is 5.14. The molecule has 0 spiro atoms. The van der Waals surface area contributed by atoms with Gasteiger partial charge in [-0.3, -0.25) is 4.79 Å². The van der Waals surface area contributed by atoms with Crippen molar-refractivity contribution < 1.29 is 23.8 Å². The number of methoxy groups -OCH3 is 2. The molecule has 2 aromatic carbocycles. The van der Waals surface area contributed by atoms with Crippen LogP contribution >= 0.6 is 0 Å². The minimum atomic E-state index is -0.943. The summed E-state index contributed by atoms with van der Waals surface area (Å²) in [7, 11) is 2.78. The molecule has 22 heavy (non-hydrogen) atoms. The molecule has 0 N–H and O–H groups in total. The smallest absolute Gasteiger partial charge is 0.351 e. The van der Waals surface area contributed by atoms with Gasteiger partial charge in [0.05, 0.1) is 14.2 Å². The van der Waals surface area contributed by atoms with Crippen molar-refractivity contribution in [3.05, 3.63) is 59.7 Å². The number of carbonyl (C=O) groups is 2. The van der Waals surface area contributed by atoms with Crippen molar-refractivity contribution in [2.45, 2.75) is 6.10 Å². The highest BCUT2D eigenvalue weighted by atomic mass is 16.6. The maximum Gasteiger partial charge on any atom is 0.351 e. The number of hydrogen-bond donors (Lipinski definition) is 0. The first kappa shape index (κ1) is 15.6. The average Bonchev–Trinajstić information content (AvgIpc) is 2.59. The van der Waals surface area contributed by atoms with Crippen LogP contribution in [0.4, 0.5) is 0 Å². The molecule has 1 atom stereocenters. The minimum absolute atomic E-state index is 0.298. The fourth-order valence-electron chi connectivity index (χ4n) is 1.97. The number of carbonyl (C=O) groups excluding carboxylic acids is 2. The Hall–Kier alpha value is -2.82. The first-order valence-corrected chi connectivity index (χ1v) is 6.62. The molecule has 0 aromatic heterocycles. The molecular weight excluding hydrogens is 284 g/mol. The van der Waals surface area contributed by atoms with Crippen LogP contribution in [0, 0.1) is 0 Å². The standard InChI is InChI=1S/C17H16O5/c1-20-14-9-8-12(11-18)10-15(14)22-16(17(19)21-2)13-6-4-3-5-7-13/h3-11,16H,1-2H3/t16-/m0/s1. The van der Waals surface area contributed by atoms with Crippen molar-refractivity contribution in [3.63, 3.8) is 0 Å². The molecule has 0 unspecified atom stereocenters. The van der Waals surface area contributed by atoms with E-state index in [0.29, 0.717) is 28.9 Å². The predicted octanol–water partition coefficient (Wildman–Crippen LogP) is 2.80. The third-order valence-electron chi connectivity index (χ3n) is 3.09. The average molecular weight is 300 g/mol. The quantitative estimate of drug-likeness (QED) is 0.606. The lowest BCUT2D eigenvalue weighted by molar-refractivity contribution is -0.149. The van der Waals surface area contributed by atoms with E-state index in [1.165, 1.54) is 20.3 Å². The Labute approximate surface area is 128 Å². The number of hydrogen-bond acceptors (Lipinski definition) is 5. The number of aldehydes is 1. The highest BCUT2D eigenvalue weighted by molar-refractivity contribution is 5.78. The van der Waals surface area contributed by atoms with Crippen molar-refractivity contribution in [2.24, 2.45) is 0 Å². The monoisotopic (exact) mass is 300 g/mol. The lowest BCUT2D eigenvalue weighted by atomic mass is 10.1. The minimum Gasteiger partial charge on any atom is -0.493 e. The molecule has 0 saturated heterocycles. The van der Waals surface area contributed by atoms with Gasteiger partial charge in [-0.25, -0.2) is 4.79 Å². The number of ether oxygens (including phenoxy) is 3. The zero-order chi connectivity index (χ0) is 15.9. The second-order valence-electron chi connectivity index (χ2n) is 4.46. The van der Waals surface area contributed by atoms with Gasteiger partial charge in [-0.05, 0) is 18.2 Å². The van der Waals surface area contributed by atoms with Crippen LogP contribution in [0.25, 0.3) is 0 Å². The van der Waals surface area contributed by atoms with Gasteiger partial charge in [0.15, 0.2) is 11.5 Å². The van der Waals surface area contributed by atoms with Crippen LogP contribution in [-0.2, 0) is 9.53 Å². The van der Waals surface area contributed by atoms with Gasteiger partial charge in [0.2, 0.25) is 6.10 Å². The van der Waals surface area contributed by atoms with E-state index >= 15 is 0 Å². The molecule has 114 valence electrons. The molecule has 0 radical (unpaired) electrons. The molecule has 5 nitrogen and oxygen atoms in total. The molecular formula is C17H16O5. The summed E-state index contributed by atoms with van der Waals surface area (Å²) in [5.74, 6) is 0.187. The maximum atomic E-state index is 12.0. The molecule has 0 bridgehead atoms. The zero-order valence-corrected chi connectivity index (χ0v) is 12.3. The summed E-state index contributed by atoms with van der Waals surface area (Å²) in [4.78, 5) is 22.9. The van der Waals surface area contributed by atoms with Crippen LogP contribution in [0.3, 0.4) is 0 Å². The first-order valence-electron chi connectivity index (χ1n) is 6.62. The molecule has 5 heteroatoms. The summed E-state index contributed by atoms with van der Waals surface area (Å²) in [6.45, 7) is 0. The summed E-state index contributed by atoms with van der Waals surface area (Å²) in [5.41, 5.74) is 1.07. The Morgan fingerprint density at radius 1 is 1.05 bits per heavy atom. The van der Waals surface area contributed by atoms with Gasteiger partial charge in [-0.15, -0.1) is 0 Å². The van der Waals surface area contributed by atoms with E-state index in [1.807, 2.05) is 6.07 Å². The molecule has 2 rings (SSSR count). The van der Waals surface area contributed by atoms with Gasteiger partial charge in [-0.1, -0.05) is 30.3 Å². The maximum absolute atomic E-state index is 12.0. The second kappa shape index (κ2) is 7.26. The summed E-state index contributed by atoms with van der Waals surface area (Å²) in [6.07, 6.45) is -0.246. The topological polar surface area (TPSA) is 61.8 Å². The second-order valence-corrected chi connectivity index (χ2v) is 4.46. The highest BCUT2D eigenvalue weighted by Gasteiger charge is 2.24. The number of rotatable bonds is 6. The number of esters is 1. The molecule has 0 heterocycles. The van der Waals surface area contributed by atoms with Crippen molar-refractivity contribution in [1.82, 2.24) is 0 Å². The van der Waals surface area contributed by atoms with Crippen LogP contribution in [0.2, 0.25) is 0 Å². The largest absolute Gasteiger partial charge is 0.493 e. The third kappa shape index (κ3) is 3.44. The van der Waals surface area contributed by atoms with Crippen LogP contribution < -0.4 is 9.47 Å². The lowest BCUT2D eigenvalue weighted by Crippen LogP contribution is -2.20. The fourth-order valence-corrected chi connectivity index (χ4v) is 1.97. The van der Waals surface area contributed by atoms with E-state index in [9.17, 15) is 9.59 Å². The Bertz CT molecular complexity index is 651. The van der Waals surface area contributed by atoms with Gasteiger partial charge in [0, 0.05) is 11.1 Å². The fraction of sp³-hybridized carbons (Fsp3) is 0.176. The molecule has 2 aromatic rings. The highest BCUT2D eigenvalue weighted by Crippen LogP contribution is 2.32. The normalized spacial score (nSPS) is 11.4. The molecule has 0 saturated carbocycles. The van der Waals surface area contributed by atoms with Gasteiger partial charge in [0.1, 0.15) is 6.29 Å². The van der Waals surface area contributed by atoms with E-state index in [1.54, 1.807) is 36.4 Å². The Morgan fingerprint density at radius 2 is 1.77 bits per heavy atom. The summed E-state index contributed by atoms with van der Waals surface area (Å²) in [6, 6.07) is 13.7.